The monoisotopic (exact) mass is 178 g/mol. The summed E-state index contributed by atoms with van der Waals surface area (Å²) in [5, 5.41) is 9.78. The van der Waals surface area contributed by atoms with E-state index in [4.69, 9.17) is 5.26 Å². The van der Waals surface area contributed by atoms with Crippen LogP contribution in [0.25, 0.3) is 0 Å². The lowest BCUT2D eigenvalue weighted by atomic mass is 10.3. The van der Waals surface area contributed by atoms with Crippen LogP contribution < -0.4 is 0 Å². The molecule has 1 aromatic heterocycles. The van der Waals surface area contributed by atoms with E-state index < -0.39 is 0 Å². The number of nitrogens with zero attached hydrogens (tertiary/aromatic N) is 2. The van der Waals surface area contributed by atoms with Crippen molar-refractivity contribution in [3.63, 3.8) is 0 Å². The van der Waals surface area contributed by atoms with Gasteiger partial charge < -0.3 is 0 Å². The average molecular weight is 178 g/mol. The molecule has 2 rings (SSSR count). The zero-order chi connectivity index (χ0) is 8.55. The third-order valence-electron chi connectivity index (χ3n) is 2.08. The van der Waals surface area contributed by atoms with Crippen molar-refractivity contribution in [2.75, 3.05) is 0 Å². The minimum Gasteiger partial charge on any atom is -0.246 e. The molecule has 1 aliphatic carbocycles. The first kappa shape index (κ1) is 7.75. The van der Waals surface area contributed by atoms with E-state index in [1.54, 1.807) is 11.3 Å². The molecule has 0 amide bonds. The summed E-state index contributed by atoms with van der Waals surface area (Å²) < 4.78 is 0. The second-order valence-corrected chi connectivity index (χ2v) is 4.29. The van der Waals surface area contributed by atoms with Gasteiger partial charge in [0.15, 0.2) is 0 Å². The minimum absolute atomic E-state index is 0.524. The molecule has 0 aromatic carbocycles. The number of hydrogen-bond donors (Lipinski definition) is 0. The van der Waals surface area contributed by atoms with E-state index in [2.05, 4.69) is 11.1 Å². The highest BCUT2D eigenvalue weighted by Gasteiger charge is 2.27. The quantitative estimate of drug-likeness (QED) is 0.697. The highest BCUT2D eigenvalue weighted by atomic mass is 32.1. The van der Waals surface area contributed by atoms with Crippen LogP contribution in [0.3, 0.4) is 0 Å². The van der Waals surface area contributed by atoms with Crippen molar-refractivity contribution in [3.8, 4) is 6.07 Å². The van der Waals surface area contributed by atoms with Gasteiger partial charge >= 0.3 is 0 Å². The molecule has 3 heteroatoms. The molecule has 0 spiro atoms. The maximum Gasteiger partial charge on any atom is 0.0962 e. The SMILES string of the molecule is Cc1nc(C2CC2)sc1CC#N. The van der Waals surface area contributed by atoms with Crippen molar-refractivity contribution >= 4 is 11.3 Å². The Bertz CT molecular complexity index is 331. The first-order valence-electron chi connectivity index (χ1n) is 4.14. The summed E-state index contributed by atoms with van der Waals surface area (Å²) in [6.45, 7) is 2.00. The molecular weight excluding hydrogens is 168 g/mol. The van der Waals surface area contributed by atoms with Crippen LogP contribution in [0.4, 0.5) is 0 Å². The van der Waals surface area contributed by atoms with Crippen molar-refractivity contribution in [1.29, 1.82) is 5.26 Å². The second-order valence-electron chi connectivity index (χ2n) is 3.17. The zero-order valence-electron chi connectivity index (χ0n) is 7.00. The topological polar surface area (TPSA) is 36.7 Å². The number of aryl methyl sites for hydroxylation is 1. The lowest BCUT2D eigenvalue weighted by Gasteiger charge is -1.84. The van der Waals surface area contributed by atoms with Crippen LogP contribution in [0.15, 0.2) is 0 Å². The Balaban J connectivity index is 2.25. The largest absolute Gasteiger partial charge is 0.246 e. The molecule has 2 nitrogen and oxygen atoms in total. The van der Waals surface area contributed by atoms with Crippen LogP contribution >= 0.6 is 11.3 Å². The maximum atomic E-state index is 8.54. The Morgan fingerprint density at radius 3 is 3.00 bits per heavy atom. The zero-order valence-corrected chi connectivity index (χ0v) is 7.82. The van der Waals surface area contributed by atoms with Crippen LogP contribution in [-0.2, 0) is 6.42 Å². The molecule has 1 aromatic rings. The molecule has 1 saturated carbocycles. The molecule has 0 atom stereocenters. The van der Waals surface area contributed by atoms with Gasteiger partial charge in [-0.25, -0.2) is 4.98 Å². The Morgan fingerprint density at radius 2 is 2.42 bits per heavy atom. The summed E-state index contributed by atoms with van der Waals surface area (Å²) in [7, 11) is 0. The van der Waals surface area contributed by atoms with Crippen molar-refractivity contribution < 1.29 is 0 Å². The maximum absolute atomic E-state index is 8.54. The molecule has 0 aliphatic heterocycles. The van der Waals surface area contributed by atoms with Gasteiger partial charge in [-0.15, -0.1) is 11.3 Å². The Labute approximate surface area is 75.9 Å². The van der Waals surface area contributed by atoms with Gasteiger partial charge in [0.25, 0.3) is 0 Å². The minimum atomic E-state index is 0.524. The molecule has 1 fully saturated rings. The fourth-order valence-corrected chi connectivity index (χ4v) is 2.36. The summed E-state index contributed by atoms with van der Waals surface area (Å²) in [6.07, 6.45) is 3.11. The van der Waals surface area contributed by atoms with Gasteiger partial charge in [0.2, 0.25) is 0 Å². The molecule has 0 radical (unpaired) electrons. The molecule has 62 valence electrons. The lowest BCUT2D eigenvalue weighted by Crippen LogP contribution is -1.80. The lowest BCUT2D eigenvalue weighted by molar-refractivity contribution is 1.05. The molecule has 0 saturated heterocycles. The summed E-state index contributed by atoms with van der Waals surface area (Å²) >= 11 is 1.72. The van der Waals surface area contributed by atoms with Crippen LogP contribution in [0, 0.1) is 18.3 Å². The van der Waals surface area contributed by atoms with Gasteiger partial charge in [-0.1, -0.05) is 0 Å². The predicted molar refractivity (Wildman–Crippen MR) is 48.1 cm³/mol. The Hall–Kier alpha value is -0.880. The van der Waals surface area contributed by atoms with E-state index >= 15 is 0 Å². The van der Waals surface area contributed by atoms with Gasteiger partial charge in [0.05, 0.1) is 23.2 Å². The average Bonchev–Trinajstić information content (AvgIpc) is 2.80. The number of hydrogen-bond acceptors (Lipinski definition) is 3. The van der Waals surface area contributed by atoms with E-state index in [9.17, 15) is 0 Å². The number of rotatable bonds is 2. The van der Waals surface area contributed by atoms with Crippen LogP contribution in [-0.4, -0.2) is 4.98 Å². The smallest absolute Gasteiger partial charge is 0.0962 e. The first-order valence-corrected chi connectivity index (χ1v) is 4.96. The highest BCUT2D eigenvalue weighted by molar-refractivity contribution is 7.11. The number of nitriles is 1. The van der Waals surface area contributed by atoms with E-state index in [1.165, 1.54) is 17.8 Å². The second kappa shape index (κ2) is 2.87. The predicted octanol–water partition coefficient (Wildman–Crippen LogP) is 2.40. The number of thiazole rings is 1. The van der Waals surface area contributed by atoms with Gasteiger partial charge in [-0.05, 0) is 19.8 Å². The van der Waals surface area contributed by atoms with E-state index in [-0.39, 0.29) is 0 Å². The molecule has 0 bridgehead atoms. The van der Waals surface area contributed by atoms with Crippen molar-refractivity contribution in [2.24, 2.45) is 0 Å². The van der Waals surface area contributed by atoms with Crippen molar-refractivity contribution in [1.82, 2.24) is 4.98 Å². The third-order valence-corrected chi connectivity index (χ3v) is 3.40. The van der Waals surface area contributed by atoms with Crippen LogP contribution in [0.2, 0.25) is 0 Å². The Morgan fingerprint density at radius 1 is 1.67 bits per heavy atom. The third kappa shape index (κ3) is 1.35. The van der Waals surface area contributed by atoms with Gasteiger partial charge in [-0.3, -0.25) is 0 Å². The van der Waals surface area contributed by atoms with E-state index in [1.807, 2.05) is 6.92 Å². The molecule has 12 heavy (non-hydrogen) atoms. The summed E-state index contributed by atoms with van der Waals surface area (Å²) in [5.74, 6) is 0.723. The fourth-order valence-electron chi connectivity index (χ4n) is 1.19. The molecule has 1 heterocycles. The van der Waals surface area contributed by atoms with Crippen LogP contribution in [0.1, 0.15) is 34.3 Å². The highest BCUT2D eigenvalue weighted by Crippen LogP contribution is 2.42. The van der Waals surface area contributed by atoms with Gasteiger partial charge in [-0.2, -0.15) is 5.26 Å². The van der Waals surface area contributed by atoms with E-state index in [0.717, 1.165) is 16.5 Å². The Kier molecular flexibility index (Phi) is 1.86. The summed E-state index contributed by atoms with van der Waals surface area (Å²) in [5.41, 5.74) is 1.06. The summed E-state index contributed by atoms with van der Waals surface area (Å²) in [4.78, 5) is 5.61. The molecular formula is C9H10N2S. The normalized spacial score (nSPS) is 16.0. The first-order chi connectivity index (χ1) is 5.81. The molecule has 1 aliphatic rings. The standard InChI is InChI=1S/C9H10N2S/c1-6-8(4-5-10)12-9(11-6)7-2-3-7/h7H,2-4H2,1H3. The molecule has 0 N–H and O–H groups in total. The molecule has 0 unspecified atom stereocenters. The fraction of sp³-hybridized carbons (Fsp3) is 0.556. The van der Waals surface area contributed by atoms with Crippen LogP contribution in [0.5, 0.6) is 0 Å². The van der Waals surface area contributed by atoms with E-state index in [0.29, 0.717) is 6.42 Å². The van der Waals surface area contributed by atoms with Crippen molar-refractivity contribution in [2.45, 2.75) is 32.1 Å². The van der Waals surface area contributed by atoms with Gasteiger partial charge in [0.1, 0.15) is 0 Å². The summed E-state index contributed by atoms with van der Waals surface area (Å²) in [6, 6.07) is 2.17. The van der Waals surface area contributed by atoms with Gasteiger partial charge in [0, 0.05) is 10.8 Å². The number of aromatic nitrogens is 1. The van der Waals surface area contributed by atoms with Crippen molar-refractivity contribution in [3.05, 3.63) is 15.6 Å².